The van der Waals surface area contributed by atoms with Gasteiger partial charge in [0.25, 0.3) is 0 Å². The van der Waals surface area contributed by atoms with Crippen LogP contribution in [0.1, 0.15) is 25.1 Å². The molecule has 1 aliphatic carbocycles. The largest absolute Gasteiger partial charge is 0.309 e. The van der Waals surface area contributed by atoms with Crippen LogP contribution >= 0.6 is 0 Å². The molecule has 5 aromatic carbocycles. The zero-order valence-electron chi connectivity index (χ0n) is 25.4. The molecule has 6 nitrogen and oxygen atoms in total. The number of benzene rings is 5. The maximum Gasteiger partial charge on any atom is 0.164 e. The zero-order chi connectivity index (χ0) is 30.8. The quantitative estimate of drug-likeness (QED) is 0.204. The molecule has 0 amide bonds. The third-order valence-electron chi connectivity index (χ3n) is 9.17. The number of rotatable bonds is 4. The van der Waals surface area contributed by atoms with Crippen LogP contribution in [-0.4, -0.2) is 29.7 Å². The summed E-state index contributed by atoms with van der Waals surface area (Å²) in [6.07, 6.45) is 1.79. The molecular weight excluding hydrogens is 564 g/mol. The molecule has 0 spiro atoms. The third-order valence-corrected chi connectivity index (χ3v) is 9.17. The Balaban J connectivity index is 1.20. The van der Waals surface area contributed by atoms with Crippen molar-refractivity contribution < 1.29 is 0 Å². The fraction of sp³-hybridized carbons (Fsp3) is 0.0750. The predicted molar refractivity (Wildman–Crippen MR) is 184 cm³/mol. The summed E-state index contributed by atoms with van der Waals surface area (Å²) in [5.74, 6) is 1.94. The van der Waals surface area contributed by atoms with Crippen molar-refractivity contribution in [2.75, 3.05) is 0 Å². The van der Waals surface area contributed by atoms with Crippen molar-refractivity contribution in [2.45, 2.75) is 19.3 Å². The van der Waals surface area contributed by atoms with E-state index in [0.29, 0.717) is 17.5 Å². The second-order valence-electron chi connectivity index (χ2n) is 12.3. The van der Waals surface area contributed by atoms with E-state index in [2.05, 4.69) is 95.3 Å². The lowest BCUT2D eigenvalue weighted by Crippen LogP contribution is -2.17. The fourth-order valence-corrected chi connectivity index (χ4v) is 6.87. The van der Waals surface area contributed by atoms with Gasteiger partial charge in [0.05, 0.1) is 22.9 Å². The van der Waals surface area contributed by atoms with E-state index in [4.69, 9.17) is 15.0 Å². The fourth-order valence-electron chi connectivity index (χ4n) is 6.87. The topological polar surface area (TPSA) is 69.4 Å². The number of para-hydroxylation sites is 1. The molecule has 1 aliphatic rings. The Kier molecular flexibility index (Phi) is 5.74. The monoisotopic (exact) mass is 592 g/mol. The molecule has 0 fully saturated rings. The molecule has 0 atom stereocenters. The Morgan fingerprint density at radius 1 is 0.522 bits per heavy atom. The van der Waals surface area contributed by atoms with E-state index in [1.54, 1.807) is 6.20 Å². The SMILES string of the molecule is CC1(C)c2cc3c(cc2-c2ccnnc21)c1ccccc1n3-c1ccc(-c2nc(-c3ccccc3)nc(-c3ccccc3)n2)cc1. The highest BCUT2D eigenvalue weighted by molar-refractivity contribution is 6.11. The standard InChI is InChI=1S/C40H28N6/c1-40(2)33-24-35-32(23-31(33)30-21-22-41-45-36(30)40)29-15-9-10-16-34(29)46(35)28-19-17-27(18-20-28)39-43-37(25-11-5-3-6-12-25)42-38(44-39)26-13-7-4-8-14-26/h3-24H,1-2H3. The van der Waals surface area contributed by atoms with Gasteiger partial charge in [0, 0.05) is 44.1 Å². The second-order valence-corrected chi connectivity index (χ2v) is 12.3. The highest BCUT2D eigenvalue weighted by atomic mass is 15.1. The molecule has 0 saturated heterocycles. The van der Waals surface area contributed by atoms with E-state index >= 15 is 0 Å². The van der Waals surface area contributed by atoms with Gasteiger partial charge >= 0.3 is 0 Å². The van der Waals surface area contributed by atoms with Gasteiger partial charge in [-0.25, -0.2) is 15.0 Å². The van der Waals surface area contributed by atoms with Gasteiger partial charge in [-0.15, -0.1) is 0 Å². The summed E-state index contributed by atoms with van der Waals surface area (Å²) < 4.78 is 2.36. The first-order valence-electron chi connectivity index (χ1n) is 15.4. The van der Waals surface area contributed by atoms with E-state index in [1.165, 1.54) is 33.0 Å². The van der Waals surface area contributed by atoms with Crippen LogP contribution in [0.2, 0.25) is 0 Å². The average Bonchev–Trinajstić information content (AvgIpc) is 3.56. The van der Waals surface area contributed by atoms with Crippen LogP contribution in [0.25, 0.3) is 72.8 Å². The number of fused-ring (bicyclic) bond motifs is 6. The van der Waals surface area contributed by atoms with Crippen molar-refractivity contribution in [1.82, 2.24) is 29.7 Å². The van der Waals surface area contributed by atoms with Gasteiger partial charge in [-0.1, -0.05) is 92.7 Å². The van der Waals surface area contributed by atoms with Gasteiger partial charge in [0.2, 0.25) is 0 Å². The van der Waals surface area contributed by atoms with Crippen molar-refractivity contribution in [3.05, 3.63) is 145 Å². The summed E-state index contributed by atoms with van der Waals surface area (Å²) in [6.45, 7) is 4.48. The molecule has 0 N–H and O–H groups in total. The molecule has 9 rings (SSSR count). The van der Waals surface area contributed by atoms with Crippen molar-refractivity contribution >= 4 is 21.8 Å². The highest BCUT2D eigenvalue weighted by Crippen LogP contribution is 2.49. The first-order chi connectivity index (χ1) is 22.6. The minimum atomic E-state index is -0.246. The molecule has 0 radical (unpaired) electrons. The predicted octanol–water partition coefficient (Wildman–Crippen LogP) is 9.07. The lowest BCUT2D eigenvalue weighted by molar-refractivity contribution is 0.624. The van der Waals surface area contributed by atoms with Crippen LogP contribution in [0.3, 0.4) is 0 Å². The van der Waals surface area contributed by atoms with E-state index in [9.17, 15) is 0 Å². The van der Waals surface area contributed by atoms with E-state index in [0.717, 1.165) is 33.6 Å². The first-order valence-corrected chi connectivity index (χ1v) is 15.4. The Bertz CT molecular complexity index is 2370. The van der Waals surface area contributed by atoms with Crippen LogP contribution in [0.4, 0.5) is 0 Å². The molecule has 3 aromatic heterocycles. The molecule has 0 aliphatic heterocycles. The molecule has 46 heavy (non-hydrogen) atoms. The van der Waals surface area contributed by atoms with Gasteiger partial charge < -0.3 is 4.57 Å². The average molecular weight is 593 g/mol. The first kappa shape index (κ1) is 26.4. The molecule has 6 heteroatoms. The van der Waals surface area contributed by atoms with Crippen LogP contribution in [0.5, 0.6) is 0 Å². The minimum Gasteiger partial charge on any atom is -0.309 e. The lowest BCUT2D eigenvalue weighted by Gasteiger charge is -2.20. The zero-order valence-corrected chi connectivity index (χ0v) is 25.4. The summed E-state index contributed by atoms with van der Waals surface area (Å²) in [5, 5.41) is 11.2. The Hall–Kier alpha value is -6.01. The Labute approximate surface area is 266 Å². The normalized spacial score (nSPS) is 13.2. The minimum absolute atomic E-state index is 0.246. The maximum absolute atomic E-state index is 4.93. The molecule has 8 aromatic rings. The summed E-state index contributed by atoms with van der Waals surface area (Å²) in [5.41, 5.74) is 10.7. The molecule has 0 saturated carbocycles. The van der Waals surface area contributed by atoms with Gasteiger partial charge in [-0.3, -0.25) is 0 Å². The van der Waals surface area contributed by atoms with Crippen LogP contribution in [-0.2, 0) is 5.41 Å². The number of aromatic nitrogens is 6. The summed E-state index contributed by atoms with van der Waals surface area (Å²) in [7, 11) is 0. The molecule has 218 valence electrons. The smallest absolute Gasteiger partial charge is 0.164 e. The van der Waals surface area contributed by atoms with Gasteiger partial charge in [0.1, 0.15) is 0 Å². The number of nitrogens with zero attached hydrogens (tertiary/aromatic N) is 6. The third kappa shape index (κ3) is 4.00. The van der Waals surface area contributed by atoms with Gasteiger partial charge in [-0.05, 0) is 59.7 Å². The van der Waals surface area contributed by atoms with Crippen LogP contribution in [0, 0.1) is 0 Å². The van der Waals surface area contributed by atoms with Crippen molar-refractivity contribution in [3.8, 4) is 51.0 Å². The number of hydrogen-bond acceptors (Lipinski definition) is 5. The van der Waals surface area contributed by atoms with Crippen molar-refractivity contribution in [2.24, 2.45) is 0 Å². The highest BCUT2D eigenvalue weighted by Gasteiger charge is 2.38. The van der Waals surface area contributed by atoms with E-state index in [-0.39, 0.29) is 5.41 Å². The molecule has 3 heterocycles. The molecular formula is C40H28N6. The molecule has 0 unspecified atom stereocenters. The molecule has 0 bridgehead atoms. The van der Waals surface area contributed by atoms with E-state index in [1.807, 2.05) is 60.7 Å². The Morgan fingerprint density at radius 3 is 1.76 bits per heavy atom. The van der Waals surface area contributed by atoms with Gasteiger partial charge in [-0.2, -0.15) is 10.2 Å². The Morgan fingerprint density at radius 2 is 1.11 bits per heavy atom. The summed E-state index contributed by atoms with van der Waals surface area (Å²) in [4.78, 5) is 14.7. The van der Waals surface area contributed by atoms with Crippen molar-refractivity contribution in [1.29, 1.82) is 0 Å². The maximum atomic E-state index is 4.93. The van der Waals surface area contributed by atoms with Gasteiger partial charge in [0.15, 0.2) is 17.5 Å². The number of hydrogen-bond donors (Lipinski definition) is 0. The van der Waals surface area contributed by atoms with Crippen LogP contribution < -0.4 is 0 Å². The second kappa shape index (κ2) is 10.0. The lowest BCUT2D eigenvalue weighted by atomic mass is 9.85. The summed E-state index contributed by atoms with van der Waals surface area (Å²) in [6, 6.07) is 44.1. The van der Waals surface area contributed by atoms with E-state index < -0.39 is 0 Å². The van der Waals surface area contributed by atoms with Crippen LogP contribution in [0.15, 0.2) is 134 Å². The summed E-state index contributed by atoms with van der Waals surface area (Å²) >= 11 is 0. The van der Waals surface area contributed by atoms with Crippen molar-refractivity contribution in [3.63, 3.8) is 0 Å².